The van der Waals surface area contributed by atoms with E-state index in [9.17, 15) is 0 Å². The Hall–Kier alpha value is -0.800. The molecule has 0 radical (unpaired) electrons. The number of rotatable bonds is 6. The van der Waals surface area contributed by atoms with Gasteiger partial charge in [-0.3, -0.25) is 4.90 Å². The molecule has 1 saturated heterocycles. The van der Waals surface area contributed by atoms with Gasteiger partial charge < -0.3 is 9.73 Å². The minimum atomic E-state index is 0.146. The van der Waals surface area contributed by atoms with Crippen LogP contribution >= 0.6 is 0 Å². The van der Waals surface area contributed by atoms with Gasteiger partial charge in [0.2, 0.25) is 0 Å². The lowest BCUT2D eigenvalue weighted by Crippen LogP contribution is -2.36. The number of piperidine rings is 1. The van der Waals surface area contributed by atoms with Crippen LogP contribution in [0.2, 0.25) is 0 Å². The summed E-state index contributed by atoms with van der Waals surface area (Å²) in [6, 6.07) is 2.11. The maximum absolute atomic E-state index is 5.73. The topological polar surface area (TPSA) is 28.4 Å². The molecule has 0 spiro atoms. The molecule has 1 aliphatic heterocycles. The van der Waals surface area contributed by atoms with E-state index in [2.05, 4.69) is 44.0 Å². The van der Waals surface area contributed by atoms with E-state index in [1.54, 1.807) is 0 Å². The first-order valence-corrected chi connectivity index (χ1v) is 8.50. The lowest BCUT2D eigenvalue weighted by Gasteiger charge is -2.31. The zero-order chi connectivity index (χ0) is 15.3. The molecule has 1 fully saturated rings. The van der Waals surface area contributed by atoms with Gasteiger partial charge in [-0.2, -0.15) is 0 Å². The summed E-state index contributed by atoms with van der Waals surface area (Å²) in [6.45, 7) is 13.2. The highest BCUT2D eigenvalue weighted by Gasteiger charge is 2.20. The van der Waals surface area contributed by atoms with E-state index in [0.29, 0.717) is 0 Å². The average Bonchev–Trinajstić information content (AvgIpc) is 2.86. The fourth-order valence-electron chi connectivity index (χ4n) is 3.07. The van der Waals surface area contributed by atoms with Crippen LogP contribution in [0.4, 0.5) is 0 Å². The van der Waals surface area contributed by atoms with Crippen molar-refractivity contribution in [3.63, 3.8) is 0 Å². The van der Waals surface area contributed by atoms with Gasteiger partial charge in [-0.05, 0) is 58.7 Å². The Morgan fingerprint density at radius 3 is 2.62 bits per heavy atom. The van der Waals surface area contributed by atoms with Crippen LogP contribution < -0.4 is 5.32 Å². The Kier molecular flexibility index (Phi) is 5.88. The smallest absolute Gasteiger partial charge is 0.122 e. The van der Waals surface area contributed by atoms with Gasteiger partial charge in [-0.1, -0.05) is 19.8 Å². The van der Waals surface area contributed by atoms with Crippen LogP contribution in [0.5, 0.6) is 0 Å². The van der Waals surface area contributed by atoms with E-state index in [1.807, 2.05) is 6.26 Å². The lowest BCUT2D eigenvalue weighted by molar-refractivity contribution is 0.161. The Balaban J connectivity index is 1.83. The summed E-state index contributed by atoms with van der Waals surface area (Å²) in [7, 11) is 0. The molecule has 3 heteroatoms. The van der Waals surface area contributed by atoms with Crippen molar-refractivity contribution in [2.24, 2.45) is 5.92 Å². The van der Waals surface area contributed by atoms with Gasteiger partial charge in [0.25, 0.3) is 0 Å². The van der Waals surface area contributed by atoms with E-state index >= 15 is 0 Å². The monoisotopic (exact) mass is 292 g/mol. The Labute approximate surface area is 130 Å². The van der Waals surface area contributed by atoms with Crippen LogP contribution in [-0.2, 0) is 13.1 Å². The third kappa shape index (κ3) is 5.48. The van der Waals surface area contributed by atoms with Crippen molar-refractivity contribution in [2.45, 2.75) is 72.0 Å². The molecule has 1 aromatic rings. The predicted octanol–water partition coefficient (Wildman–Crippen LogP) is 4.18. The maximum atomic E-state index is 5.73. The quantitative estimate of drug-likeness (QED) is 0.852. The summed E-state index contributed by atoms with van der Waals surface area (Å²) >= 11 is 0. The normalized spacial score (nSPS) is 18.3. The van der Waals surface area contributed by atoms with Crippen LogP contribution in [0.25, 0.3) is 0 Å². The summed E-state index contributed by atoms with van der Waals surface area (Å²) in [5.74, 6) is 2.09. The maximum Gasteiger partial charge on any atom is 0.122 e. The first kappa shape index (κ1) is 16.6. The number of hydrogen-bond acceptors (Lipinski definition) is 3. The fraction of sp³-hybridized carbons (Fsp3) is 0.778. The van der Waals surface area contributed by atoms with Gasteiger partial charge in [0.15, 0.2) is 0 Å². The van der Waals surface area contributed by atoms with Crippen LogP contribution in [-0.4, -0.2) is 23.5 Å². The van der Waals surface area contributed by atoms with Crippen LogP contribution in [0.1, 0.15) is 64.7 Å². The number of nitrogens with zero attached hydrogens (tertiary/aromatic N) is 1. The molecule has 0 saturated carbocycles. The highest BCUT2D eigenvalue weighted by molar-refractivity contribution is 5.17. The van der Waals surface area contributed by atoms with Crippen LogP contribution in [0.15, 0.2) is 16.7 Å². The van der Waals surface area contributed by atoms with Crippen molar-refractivity contribution < 1.29 is 4.42 Å². The second kappa shape index (κ2) is 7.46. The molecule has 1 N–H and O–H groups in total. The average molecular weight is 292 g/mol. The molecule has 0 unspecified atom stereocenters. The minimum Gasteiger partial charge on any atom is -0.468 e. The summed E-state index contributed by atoms with van der Waals surface area (Å²) in [6.07, 6.45) is 7.26. The SMILES string of the molecule is CCCC1CCN(Cc2occc2CNC(C)(C)C)CC1. The summed E-state index contributed by atoms with van der Waals surface area (Å²) in [5.41, 5.74) is 1.45. The predicted molar refractivity (Wildman–Crippen MR) is 88.2 cm³/mol. The van der Waals surface area contributed by atoms with Crippen molar-refractivity contribution in [1.82, 2.24) is 10.2 Å². The van der Waals surface area contributed by atoms with E-state index in [0.717, 1.165) is 24.8 Å². The van der Waals surface area contributed by atoms with Crippen molar-refractivity contribution in [1.29, 1.82) is 0 Å². The molecule has 1 aromatic heterocycles. The third-order valence-corrected chi connectivity index (χ3v) is 4.42. The van der Waals surface area contributed by atoms with Crippen molar-refractivity contribution in [3.05, 3.63) is 23.7 Å². The van der Waals surface area contributed by atoms with E-state index in [1.165, 1.54) is 44.3 Å². The summed E-state index contributed by atoms with van der Waals surface area (Å²) < 4.78 is 5.73. The molecule has 2 heterocycles. The van der Waals surface area contributed by atoms with E-state index < -0.39 is 0 Å². The molecule has 0 aliphatic carbocycles. The fourth-order valence-corrected chi connectivity index (χ4v) is 3.07. The molecule has 1 aliphatic rings. The van der Waals surface area contributed by atoms with E-state index in [4.69, 9.17) is 4.42 Å². The summed E-state index contributed by atoms with van der Waals surface area (Å²) in [4.78, 5) is 2.55. The lowest BCUT2D eigenvalue weighted by atomic mass is 9.92. The number of likely N-dealkylation sites (tertiary alicyclic amines) is 1. The van der Waals surface area contributed by atoms with Gasteiger partial charge in [-0.15, -0.1) is 0 Å². The zero-order valence-corrected chi connectivity index (χ0v) is 14.2. The Morgan fingerprint density at radius 1 is 1.29 bits per heavy atom. The second-order valence-corrected chi connectivity index (χ2v) is 7.48. The van der Waals surface area contributed by atoms with Crippen LogP contribution in [0.3, 0.4) is 0 Å². The molecule has 3 nitrogen and oxygen atoms in total. The zero-order valence-electron chi connectivity index (χ0n) is 14.2. The molecule has 21 heavy (non-hydrogen) atoms. The third-order valence-electron chi connectivity index (χ3n) is 4.42. The molecule has 2 rings (SSSR count). The second-order valence-electron chi connectivity index (χ2n) is 7.48. The first-order chi connectivity index (χ1) is 9.98. The highest BCUT2D eigenvalue weighted by atomic mass is 16.3. The van der Waals surface area contributed by atoms with Crippen molar-refractivity contribution in [2.75, 3.05) is 13.1 Å². The van der Waals surface area contributed by atoms with Crippen molar-refractivity contribution in [3.8, 4) is 0 Å². The number of hydrogen-bond donors (Lipinski definition) is 1. The van der Waals surface area contributed by atoms with Gasteiger partial charge in [-0.25, -0.2) is 0 Å². The Bertz CT molecular complexity index is 411. The highest BCUT2D eigenvalue weighted by Crippen LogP contribution is 2.24. The molecule has 0 aromatic carbocycles. The number of furan rings is 1. The van der Waals surface area contributed by atoms with Crippen molar-refractivity contribution >= 4 is 0 Å². The minimum absolute atomic E-state index is 0.146. The molecule has 120 valence electrons. The molecule has 0 atom stereocenters. The number of nitrogens with one attached hydrogen (secondary N) is 1. The van der Waals surface area contributed by atoms with Gasteiger partial charge in [0.1, 0.15) is 5.76 Å². The molecule has 0 amide bonds. The largest absolute Gasteiger partial charge is 0.468 e. The molecular weight excluding hydrogens is 260 g/mol. The van der Waals surface area contributed by atoms with Crippen LogP contribution in [0, 0.1) is 5.92 Å². The summed E-state index contributed by atoms with van der Waals surface area (Å²) in [5, 5.41) is 3.55. The van der Waals surface area contributed by atoms with Gasteiger partial charge in [0, 0.05) is 17.6 Å². The van der Waals surface area contributed by atoms with E-state index in [-0.39, 0.29) is 5.54 Å². The first-order valence-electron chi connectivity index (χ1n) is 8.50. The van der Waals surface area contributed by atoms with Gasteiger partial charge in [0.05, 0.1) is 12.8 Å². The molecular formula is C18H32N2O. The van der Waals surface area contributed by atoms with Gasteiger partial charge >= 0.3 is 0 Å². The Morgan fingerprint density at radius 2 is 2.00 bits per heavy atom. The standard InChI is InChI=1S/C18H32N2O/c1-5-6-15-7-10-20(11-8-15)14-17-16(9-12-21-17)13-19-18(2,3)4/h9,12,15,19H,5-8,10-11,13-14H2,1-4H3. The molecule has 0 bridgehead atoms.